The minimum atomic E-state index is -0.0397. The second-order valence-electron chi connectivity index (χ2n) is 3.05. The molecule has 1 aromatic rings. The van der Waals surface area contributed by atoms with Crippen LogP contribution in [-0.2, 0) is 0 Å². The third-order valence-electron chi connectivity index (χ3n) is 2.15. The van der Waals surface area contributed by atoms with E-state index in [4.69, 9.17) is 9.47 Å². The molecule has 0 heterocycles. The molecule has 80 valence electrons. The summed E-state index contributed by atoms with van der Waals surface area (Å²) in [7, 11) is 3.10. The Kier molecular flexibility index (Phi) is 3.50. The number of carbonyl (C=O) groups is 1. The van der Waals surface area contributed by atoms with Crippen molar-refractivity contribution in [3.05, 3.63) is 29.8 Å². The molecule has 0 aliphatic heterocycles. The Labute approximate surface area is 89.3 Å². The van der Waals surface area contributed by atoms with Crippen LogP contribution in [-0.4, -0.2) is 20.0 Å². The zero-order chi connectivity index (χ0) is 11.4. The van der Waals surface area contributed by atoms with E-state index in [1.807, 2.05) is 0 Å². The van der Waals surface area contributed by atoms with Crippen molar-refractivity contribution >= 4 is 11.9 Å². The van der Waals surface area contributed by atoms with Crippen molar-refractivity contribution in [1.29, 1.82) is 0 Å². The lowest BCUT2D eigenvalue weighted by molar-refractivity contribution is 0.101. The molecule has 0 radical (unpaired) electrons. The van der Waals surface area contributed by atoms with Crippen LogP contribution in [0.1, 0.15) is 22.8 Å². The first-order valence-electron chi connectivity index (χ1n) is 4.53. The summed E-state index contributed by atoms with van der Waals surface area (Å²) in [5.74, 6) is 1.15. The number of carbonyl (C=O) groups excluding carboxylic acids is 1. The van der Waals surface area contributed by atoms with Gasteiger partial charge in [-0.15, -0.1) is 0 Å². The quantitative estimate of drug-likeness (QED) is 0.710. The Morgan fingerprint density at radius 3 is 2.40 bits per heavy atom. The Morgan fingerprint density at radius 2 is 2.00 bits per heavy atom. The maximum absolute atomic E-state index is 11.4. The van der Waals surface area contributed by atoms with Crippen molar-refractivity contribution in [2.75, 3.05) is 14.2 Å². The first-order chi connectivity index (χ1) is 7.13. The Hall–Kier alpha value is -1.77. The van der Waals surface area contributed by atoms with E-state index in [2.05, 4.69) is 6.58 Å². The lowest BCUT2D eigenvalue weighted by Crippen LogP contribution is -2.00. The van der Waals surface area contributed by atoms with Gasteiger partial charge in [0, 0.05) is 17.2 Å². The van der Waals surface area contributed by atoms with Crippen LogP contribution in [0.2, 0.25) is 0 Å². The number of ether oxygens (including phenoxy) is 2. The summed E-state index contributed by atoms with van der Waals surface area (Å²) in [4.78, 5) is 11.4. The zero-order valence-electron chi connectivity index (χ0n) is 9.16. The average molecular weight is 206 g/mol. The molecule has 1 aromatic carbocycles. The molecule has 3 heteroatoms. The van der Waals surface area contributed by atoms with E-state index in [0.717, 1.165) is 0 Å². The van der Waals surface area contributed by atoms with Gasteiger partial charge in [0.05, 0.1) is 14.2 Å². The summed E-state index contributed by atoms with van der Waals surface area (Å²) in [6.45, 7) is 5.17. The number of hydrogen-bond donors (Lipinski definition) is 0. The molecular formula is C12H14O3. The predicted molar refractivity (Wildman–Crippen MR) is 59.6 cm³/mol. The lowest BCUT2D eigenvalue weighted by Gasteiger charge is -2.11. The van der Waals surface area contributed by atoms with E-state index in [1.165, 1.54) is 6.92 Å². The van der Waals surface area contributed by atoms with E-state index >= 15 is 0 Å². The maximum atomic E-state index is 11.4. The molecule has 3 nitrogen and oxygen atoms in total. The lowest BCUT2D eigenvalue weighted by atomic mass is 10.0. The molecule has 0 aromatic heterocycles. The van der Waals surface area contributed by atoms with Gasteiger partial charge >= 0.3 is 0 Å². The summed E-state index contributed by atoms with van der Waals surface area (Å²) in [6.07, 6.45) is 1.61. The molecule has 0 bridgehead atoms. The molecule has 0 saturated heterocycles. The topological polar surface area (TPSA) is 35.5 Å². The molecule has 0 fully saturated rings. The van der Waals surface area contributed by atoms with Gasteiger partial charge < -0.3 is 9.47 Å². The highest BCUT2D eigenvalue weighted by atomic mass is 16.5. The zero-order valence-corrected chi connectivity index (χ0v) is 9.16. The number of methoxy groups -OCH3 is 2. The predicted octanol–water partition coefficient (Wildman–Crippen LogP) is 2.55. The van der Waals surface area contributed by atoms with Crippen molar-refractivity contribution in [3.8, 4) is 11.5 Å². The van der Waals surface area contributed by atoms with E-state index in [9.17, 15) is 4.79 Å². The van der Waals surface area contributed by atoms with Gasteiger partial charge in [0.1, 0.15) is 11.5 Å². The first-order valence-corrected chi connectivity index (χ1v) is 4.53. The van der Waals surface area contributed by atoms with Crippen LogP contribution in [0.4, 0.5) is 0 Å². The van der Waals surface area contributed by atoms with Gasteiger partial charge in [-0.25, -0.2) is 0 Å². The number of hydrogen-bond acceptors (Lipinski definition) is 3. The fraction of sp³-hybridized carbons (Fsp3) is 0.250. The minimum Gasteiger partial charge on any atom is -0.497 e. The maximum Gasteiger partial charge on any atom is 0.160 e. The van der Waals surface area contributed by atoms with Crippen LogP contribution in [0.3, 0.4) is 0 Å². The van der Waals surface area contributed by atoms with Gasteiger partial charge in [0.2, 0.25) is 0 Å². The van der Waals surface area contributed by atoms with Crippen LogP contribution in [0.25, 0.3) is 6.08 Å². The van der Waals surface area contributed by atoms with E-state index in [-0.39, 0.29) is 5.78 Å². The largest absolute Gasteiger partial charge is 0.497 e. The number of benzene rings is 1. The smallest absolute Gasteiger partial charge is 0.160 e. The fourth-order valence-corrected chi connectivity index (χ4v) is 1.39. The molecule has 0 atom stereocenters. The van der Waals surface area contributed by atoms with Gasteiger partial charge in [-0.2, -0.15) is 0 Å². The van der Waals surface area contributed by atoms with Gasteiger partial charge in [0.15, 0.2) is 5.78 Å². The summed E-state index contributed by atoms with van der Waals surface area (Å²) >= 11 is 0. The Bertz CT molecular complexity index is 394. The second kappa shape index (κ2) is 4.64. The van der Waals surface area contributed by atoms with Crippen molar-refractivity contribution in [2.24, 2.45) is 0 Å². The Morgan fingerprint density at radius 1 is 1.33 bits per heavy atom. The molecule has 0 saturated carbocycles. The second-order valence-corrected chi connectivity index (χ2v) is 3.05. The van der Waals surface area contributed by atoms with Crippen LogP contribution in [0.15, 0.2) is 18.7 Å². The summed E-state index contributed by atoms with van der Waals surface area (Å²) in [6, 6.07) is 3.41. The third kappa shape index (κ3) is 2.18. The SMILES string of the molecule is C=Cc1c(OC)cc(OC)cc1C(C)=O. The van der Waals surface area contributed by atoms with Gasteiger partial charge in [0.25, 0.3) is 0 Å². The number of Topliss-reactive ketones (excluding diaryl/α,β-unsaturated/α-hetero) is 1. The molecule has 0 N–H and O–H groups in total. The third-order valence-corrected chi connectivity index (χ3v) is 2.15. The monoisotopic (exact) mass is 206 g/mol. The average Bonchev–Trinajstić information content (AvgIpc) is 2.26. The summed E-state index contributed by atoms with van der Waals surface area (Å²) in [5.41, 5.74) is 1.26. The van der Waals surface area contributed by atoms with E-state index in [0.29, 0.717) is 22.6 Å². The molecule has 0 aliphatic carbocycles. The molecular weight excluding hydrogens is 192 g/mol. The summed E-state index contributed by atoms with van der Waals surface area (Å²) < 4.78 is 10.2. The standard InChI is InChI=1S/C12H14O3/c1-5-10-11(8(2)13)6-9(14-3)7-12(10)15-4/h5-7H,1H2,2-4H3. The highest BCUT2D eigenvalue weighted by molar-refractivity contribution is 5.99. The van der Waals surface area contributed by atoms with Crippen molar-refractivity contribution < 1.29 is 14.3 Å². The van der Waals surface area contributed by atoms with Gasteiger partial charge in [-0.1, -0.05) is 12.7 Å². The van der Waals surface area contributed by atoms with Crippen LogP contribution in [0.5, 0.6) is 11.5 Å². The number of ketones is 1. The van der Waals surface area contributed by atoms with E-state index < -0.39 is 0 Å². The molecule has 0 spiro atoms. The van der Waals surface area contributed by atoms with Crippen molar-refractivity contribution in [2.45, 2.75) is 6.92 Å². The highest BCUT2D eigenvalue weighted by Gasteiger charge is 2.12. The molecule has 0 amide bonds. The molecule has 0 unspecified atom stereocenters. The molecule has 0 aliphatic rings. The normalized spacial score (nSPS) is 9.53. The van der Waals surface area contributed by atoms with Gasteiger partial charge in [-0.05, 0) is 13.0 Å². The minimum absolute atomic E-state index is 0.0397. The van der Waals surface area contributed by atoms with Crippen molar-refractivity contribution in [1.82, 2.24) is 0 Å². The summed E-state index contributed by atoms with van der Waals surface area (Å²) in [5, 5.41) is 0. The molecule has 15 heavy (non-hydrogen) atoms. The van der Waals surface area contributed by atoms with E-state index in [1.54, 1.807) is 32.4 Å². The van der Waals surface area contributed by atoms with Crippen LogP contribution in [0, 0.1) is 0 Å². The molecule has 1 rings (SSSR count). The first kappa shape index (κ1) is 11.3. The fourth-order valence-electron chi connectivity index (χ4n) is 1.39. The van der Waals surface area contributed by atoms with Crippen molar-refractivity contribution in [3.63, 3.8) is 0 Å². The van der Waals surface area contributed by atoms with Crippen LogP contribution >= 0.6 is 0 Å². The highest BCUT2D eigenvalue weighted by Crippen LogP contribution is 2.29. The van der Waals surface area contributed by atoms with Gasteiger partial charge in [-0.3, -0.25) is 4.79 Å². The number of rotatable bonds is 4. The van der Waals surface area contributed by atoms with Crippen LogP contribution < -0.4 is 9.47 Å². The Balaban J connectivity index is 3.45.